The minimum Gasteiger partial charge on any atom is -0.285 e. The largest absolute Gasteiger partial charge is 0.285 e. The third-order valence-corrected chi connectivity index (χ3v) is 0.362. The van der Waals surface area contributed by atoms with Crippen LogP contribution in [0.15, 0.2) is 12.3 Å². The summed E-state index contributed by atoms with van der Waals surface area (Å²) in [7, 11) is 0. The molecular formula is C3H4LiN2. The molecule has 27 valence electrons. The van der Waals surface area contributed by atoms with Gasteiger partial charge in [-0.2, -0.15) is 5.10 Å². The molecule has 0 unspecified atom stereocenters. The first-order valence-corrected chi connectivity index (χ1v) is 1.36. The molecule has 0 spiro atoms. The Balaban J connectivity index is 0.000000250. The van der Waals surface area contributed by atoms with Gasteiger partial charge in [-0.05, 0) is 6.07 Å². The number of hydrogen-bond donors (Lipinski definition) is 1. The van der Waals surface area contributed by atoms with E-state index in [1.807, 2.05) is 0 Å². The monoisotopic (exact) mass is 75.1 g/mol. The van der Waals surface area contributed by atoms with Gasteiger partial charge in [-0.1, -0.05) is 0 Å². The minimum atomic E-state index is 0. The SMILES string of the molecule is [LiH].[c]1cc[nH]n1. The molecule has 1 heterocycles. The number of aromatic amines is 1. The van der Waals surface area contributed by atoms with E-state index in [-0.39, 0.29) is 18.9 Å². The van der Waals surface area contributed by atoms with Crippen LogP contribution in [-0.4, -0.2) is 29.1 Å². The van der Waals surface area contributed by atoms with Crippen LogP contribution in [0.25, 0.3) is 0 Å². The van der Waals surface area contributed by atoms with Gasteiger partial charge in [-0.15, -0.1) is 0 Å². The molecule has 0 amide bonds. The number of rotatable bonds is 0. The van der Waals surface area contributed by atoms with Gasteiger partial charge in [0.05, 0.1) is 0 Å². The summed E-state index contributed by atoms with van der Waals surface area (Å²) < 4.78 is 0. The summed E-state index contributed by atoms with van der Waals surface area (Å²) in [4.78, 5) is 0. The number of nitrogens with one attached hydrogen (secondary N) is 1. The Morgan fingerprint density at radius 1 is 1.67 bits per heavy atom. The van der Waals surface area contributed by atoms with Crippen LogP contribution >= 0.6 is 0 Å². The van der Waals surface area contributed by atoms with Crippen LogP contribution in [0.2, 0.25) is 0 Å². The van der Waals surface area contributed by atoms with E-state index in [9.17, 15) is 0 Å². The van der Waals surface area contributed by atoms with Crippen LogP contribution < -0.4 is 0 Å². The molecule has 1 radical (unpaired) electrons. The first-order chi connectivity index (χ1) is 2.50. The number of H-pyrrole nitrogens is 1. The molecule has 0 bridgehead atoms. The van der Waals surface area contributed by atoms with E-state index in [4.69, 9.17) is 0 Å². The summed E-state index contributed by atoms with van der Waals surface area (Å²) in [5.74, 6) is 0. The zero-order valence-electron chi connectivity index (χ0n) is 2.60. The molecule has 0 aromatic carbocycles. The molecule has 6 heavy (non-hydrogen) atoms. The van der Waals surface area contributed by atoms with Crippen molar-refractivity contribution in [2.24, 2.45) is 0 Å². The molecule has 0 aliphatic heterocycles. The van der Waals surface area contributed by atoms with Gasteiger partial charge in [0.25, 0.3) is 0 Å². The predicted molar refractivity (Wildman–Crippen MR) is 24.6 cm³/mol. The maximum atomic E-state index is 3.47. The van der Waals surface area contributed by atoms with E-state index in [2.05, 4.69) is 16.4 Å². The van der Waals surface area contributed by atoms with Crippen molar-refractivity contribution in [2.75, 3.05) is 0 Å². The Morgan fingerprint density at radius 2 is 2.50 bits per heavy atom. The van der Waals surface area contributed by atoms with Gasteiger partial charge in [0.2, 0.25) is 0 Å². The molecule has 1 aromatic rings. The first-order valence-electron chi connectivity index (χ1n) is 1.36. The van der Waals surface area contributed by atoms with Crippen LogP contribution in [0.5, 0.6) is 0 Å². The van der Waals surface area contributed by atoms with Crippen molar-refractivity contribution >= 4 is 18.9 Å². The van der Waals surface area contributed by atoms with Gasteiger partial charge < -0.3 is 0 Å². The number of nitrogens with zero attached hydrogens (tertiary/aromatic N) is 1. The molecule has 1 N–H and O–H groups in total. The van der Waals surface area contributed by atoms with Crippen molar-refractivity contribution in [3.8, 4) is 0 Å². The van der Waals surface area contributed by atoms with Crippen LogP contribution in [0.1, 0.15) is 0 Å². The summed E-state index contributed by atoms with van der Waals surface area (Å²) >= 11 is 0. The maximum absolute atomic E-state index is 3.47. The smallest absolute Gasteiger partial charge is 0.112 e. The van der Waals surface area contributed by atoms with Gasteiger partial charge in [0.15, 0.2) is 0 Å². The Labute approximate surface area is 48.1 Å². The van der Waals surface area contributed by atoms with Gasteiger partial charge >= 0.3 is 18.9 Å². The molecule has 1 aromatic heterocycles. The molecule has 0 saturated heterocycles. The van der Waals surface area contributed by atoms with Gasteiger partial charge in [0.1, 0.15) is 6.20 Å². The van der Waals surface area contributed by atoms with Crippen molar-refractivity contribution in [3.05, 3.63) is 18.5 Å². The standard InChI is InChI=1S/C3H3N2.Li.H/c1-2-4-5-3-1;;/h1-2H,(H,4,5);;. The number of aromatic nitrogens is 2. The second kappa shape index (κ2) is 3.02. The molecule has 0 aliphatic carbocycles. The van der Waals surface area contributed by atoms with E-state index in [1.165, 1.54) is 0 Å². The Kier molecular flexibility index (Phi) is 2.92. The fraction of sp³-hybridized carbons (Fsp3) is 0. The molecular weight excluding hydrogens is 71.0 g/mol. The third kappa shape index (κ3) is 1.30. The van der Waals surface area contributed by atoms with Crippen molar-refractivity contribution < 1.29 is 0 Å². The van der Waals surface area contributed by atoms with Gasteiger partial charge in [-0.25, -0.2) is 0 Å². The van der Waals surface area contributed by atoms with Crippen LogP contribution in [0.3, 0.4) is 0 Å². The predicted octanol–water partition coefficient (Wildman–Crippen LogP) is -0.439. The van der Waals surface area contributed by atoms with E-state index in [0.29, 0.717) is 0 Å². The molecule has 0 aliphatic rings. The summed E-state index contributed by atoms with van der Waals surface area (Å²) in [6, 6.07) is 1.71. The maximum Gasteiger partial charge on any atom is 0.112 e. The van der Waals surface area contributed by atoms with Crippen molar-refractivity contribution in [3.63, 3.8) is 0 Å². The fourth-order valence-corrected chi connectivity index (χ4v) is 0.186. The topological polar surface area (TPSA) is 28.7 Å². The van der Waals surface area contributed by atoms with Crippen LogP contribution in [-0.2, 0) is 0 Å². The quantitative estimate of drug-likeness (QED) is 0.416. The molecule has 0 atom stereocenters. The summed E-state index contributed by atoms with van der Waals surface area (Å²) in [6.07, 6.45) is 4.26. The van der Waals surface area contributed by atoms with Crippen molar-refractivity contribution in [2.45, 2.75) is 0 Å². The fourth-order valence-electron chi connectivity index (χ4n) is 0.186. The Morgan fingerprint density at radius 3 is 2.67 bits per heavy atom. The molecule has 2 nitrogen and oxygen atoms in total. The van der Waals surface area contributed by atoms with E-state index in [1.54, 1.807) is 12.3 Å². The summed E-state index contributed by atoms with van der Waals surface area (Å²) in [6.45, 7) is 0. The second-order valence-corrected chi connectivity index (χ2v) is 0.703. The normalized spacial score (nSPS) is 6.67. The molecule has 0 fully saturated rings. The van der Waals surface area contributed by atoms with Crippen molar-refractivity contribution in [1.29, 1.82) is 0 Å². The minimum absolute atomic E-state index is 0. The number of hydrogen-bond acceptors (Lipinski definition) is 1. The third-order valence-electron chi connectivity index (χ3n) is 0.362. The van der Waals surface area contributed by atoms with Gasteiger partial charge in [-0.3, -0.25) is 5.10 Å². The zero-order chi connectivity index (χ0) is 3.54. The van der Waals surface area contributed by atoms with E-state index >= 15 is 0 Å². The van der Waals surface area contributed by atoms with E-state index < -0.39 is 0 Å². The summed E-state index contributed by atoms with van der Waals surface area (Å²) in [5, 5.41) is 6.03. The van der Waals surface area contributed by atoms with Crippen LogP contribution in [0, 0.1) is 6.20 Å². The summed E-state index contributed by atoms with van der Waals surface area (Å²) in [5.41, 5.74) is 0. The average molecular weight is 75.0 g/mol. The molecule has 1 rings (SSSR count). The van der Waals surface area contributed by atoms with Crippen LogP contribution in [0.4, 0.5) is 0 Å². The molecule has 0 saturated carbocycles. The Bertz CT molecular complexity index is 65.3. The zero-order valence-corrected chi connectivity index (χ0v) is 2.60. The Hall–Kier alpha value is -0.193. The average Bonchev–Trinajstić information content (AvgIpc) is 1.76. The van der Waals surface area contributed by atoms with Gasteiger partial charge in [0, 0.05) is 6.20 Å². The van der Waals surface area contributed by atoms with E-state index in [0.717, 1.165) is 0 Å². The van der Waals surface area contributed by atoms with Crippen molar-refractivity contribution in [1.82, 2.24) is 10.2 Å². The second-order valence-electron chi connectivity index (χ2n) is 0.703. The molecule has 3 heteroatoms. The first kappa shape index (κ1) is 5.81.